The van der Waals surface area contributed by atoms with Crippen LogP contribution in [0.25, 0.3) is 32.7 Å². The average Bonchev–Trinajstić information content (AvgIpc) is 2.97. The number of anilines is 1. The van der Waals surface area contributed by atoms with Crippen LogP contribution in [0.3, 0.4) is 0 Å². The van der Waals surface area contributed by atoms with E-state index in [9.17, 15) is 0 Å². The molecule has 0 amide bonds. The van der Waals surface area contributed by atoms with Crippen molar-refractivity contribution in [2.45, 2.75) is 20.4 Å². The molecule has 0 bridgehead atoms. The van der Waals surface area contributed by atoms with E-state index in [2.05, 4.69) is 40.4 Å². The van der Waals surface area contributed by atoms with Crippen molar-refractivity contribution in [2.75, 3.05) is 25.4 Å². The molecule has 2 N–H and O–H groups in total. The van der Waals surface area contributed by atoms with Gasteiger partial charge in [0.2, 0.25) is 0 Å². The molecular weight excluding hydrogens is 344 g/mol. The molecule has 0 saturated carbocycles. The Kier molecular flexibility index (Phi) is 4.47. The minimum absolute atomic E-state index is 0.575. The summed E-state index contributed by atoms with van der Waals surface area (Å²) in [5.74, 6) is 0.575. The number of rotatable bonds is 5. The summed E-state index contributed by atoms with van der Waals surface area (Å²) < 4.78 is 2.30. The van der Waals surface area contributed by atoms with E-state index in [1.54, 1.807) is 0 Å². The van der Waals surface area contributed by atoms with Crippen molar-refractivity contribution >= 4 is 50.1 Å². The first kappa shape index (κ1) is 17.1. The van der Waals surface area contributed by atoms with Gasteiger partial charge in [-0.1, -0.05) is 43.6 Å². The molecule has 5 heteroatoms. The van der Waals surface area contributed by atoms with Crippen LogP contribution in [0, 0.1) is 0 Å². The summed E-state index contributed by atoms with van der Waals surface area (Å²) in [5.41, 5.74) is 9.50. The number of nitrogens with zero attached hydrogens (tertiary/aromatic N) is 3. The van der Waals surface area contributed by atoms with Gasteiger partial charge in [0.1, 0.15) is 5.82 Å². The van der Waals surface area contributed by atoms with Crippen LogP contribution in [0.4, 0.5) is 5.82 Å². The first-order valence-electron chi connectivity index (χ1n) is 9.12. The number of likely N-dealkylation sites (N-methyl/N-ethyl adjacent to an activating group) is 1. The minimum Gasteiger partial charge on any atom is -0.382 e. The molecule has 0 aliphatic carbocycles. The highest BCUT2D eigenvalue weighted by Gasteiger charge is 2.17. The molecule has 0 unspecified atom stereocenters. The van der Waals surface area contributed by atoms with Gasteiger partial charge in [0.05, 0.1) is 11.0 Å². The maximum absolute atomic E-state index is 6.42. The molecule has 4 aromatic rings. The summed E-state index contributed by atoms with van der Waals surface area (Å²) in [7, 11) is 0. The molecule has 134 valence electrons. The fourth-order valence-electron chi connectivity index (χ4n) is 3.84. The Balaban J connectivity index is 2.04. The number of benzene rings is 2. The van der Waals surface area contributed by atoms with Gasteiger partial charge in [-0.25, -0.2) is 4.98 Å². The molecule has 26 heavy (non-hydrogen) atoms. The Labute approximate surface area is 158 Å². The lowest BCUT2D eigenvalue weighted by molar-refractivity contribution is 0.293. The number of nitrogen functional groups attached to an aromatic ring is 1. The van der Waals surface area contributed by atoms with Gasteiger partial charge >= 0.3 is 0 Å². The molecule has 4 rings (SSSR count). The van der Waals surface area contributed by atoms with Gasteiger partial charge in [-0.2, -0.15) is 0 Å². The normalized spacial score (nSPS) is 12.0. The lowest BCUT2D eigenvalue weighted by Gasteiger charge is -2.19. The second-order valence-electron chi connectivity index (χ2n) is 6.58. The molecule has 2 aromatic heterocycles. The second kappa shape index (κ2) is 6.78. The van der Waals surface area contributed by atoms with E-state index in [0.717, 1.165) is 63.9 Å². The second-order valence-corrected chi connectivity index (χ2v) is 7.01. The van der Waals surface area contributed by atoms with Crippen LogP contribution >= 0.6 is 11.6 Å². The molecule has 0 atom stereocenters. The summed E-state index contributed by atoms with van der Waals surface area (Å²) in [6, 6.07) is 14.2. The van der Waals surface area contributed by atoms with Gasteiger partial charge in [-0.05, 0) is 37.4 Å². The van der Waals surface area contributed by atoms with Crippen molar-refractivity contribution in [1.82, 2.24) is 14.5 Å². The van der Waals surface area contributed by atoms with Gasteiger partial charge in [0.25, 0.3) is 0 Å². The topological polar surface area (TPSA) is 47.1 Å². The number of aromatic nitrogens is 2. The lowest BCUT2D eigenvalue weighted by Crippen LogP contribution is -2.27. The van der Waals surface area contributed by atoms with Crippen LogP contribution < -0.4 is 5.73 Å². The smallest absolute Gasteiger partial charge is 0.148 e. The van der Waals surface area contributed by atoms with Gasteiger partial charge in [-0.15, -0.1) is 0 Å². The Morgan fingerprint density at radius 3 is 2.62 bits per heavy atom. The number of pyridine rings is 1. The monoisotopic (exact) mass is 366 g/mol. The number of fused-ring (bicyclic) bond motifs is 5. The number of para-hydroxylation sites is 1. The first-order chi connectivity index (χ1) is 12.6. The largest absolute Gasteiger partial charge is 0.382 e. The van der Waals surface area contributed by atoms with Crippen LogP contribution in [-0.2, 0) is 6.54 Å². The SMILES string of the molecule is CCN(CC)CCn1c2ccc(Cl)cc2c2c3ccccc3nc(N)c21. The van der Waals surface area contributed by atoms with Gasteiger partial charge in [0.15, 0.2) is 0 Å². The molecule has 0 radical (unpaired) electrons. The Morgan fingerprint density at radius 1 is 1.08 bits per heavy atom. The molecular formula is C21H23ClN4. The van der Waals surface area contributed by atoms with E-state index in [0.29, 0.717) is 5.82 Å². The van der Waals surface area contributed by atoms with E-state index < -0.39 is 0 Å². The van der Waals surface area contributed by atoms with Gasteiger partial charge < -0.3 is 15.2 Å². The summed E-state index contributed by atoms with van der Waals surface area (Å²) >= 11 is 6.33. The van der Waals surface area contributed by atoms with Gasteiger partial charge in [-0.3, -0.25) is 0 Å². The Morgan fingerprint density at radius 2 is 1.85 bits per heavy atom. The third kappa shape index (κ3) is 2.70. The van der Waals surface area contributed by atoms with Crippen molar-refractivity contribution in [3.63, 3.8) is 0 Å². The predicted molar refractivity (Wildman–Crippen MR) is 112 cm³/mol. The van der Waals surface area contributed by atoms with E-state index >= 15 is 0 Å². The molecule has 0 aliphatic heterocycles. The molecule has 0 aliphatic rings. The summed E-state index contributed by atoms with van der Waals surface area (Å²) in [4.78, 5) is 7.07. The maximum Gasteiger partial charge on any atom is 0.148 e. The van der Waals surface area contributed by atoms with Crippen LogP contribution in [0.5, 0.6) is 0 Å². The summed E-state index contributed by atoms with van der Waals surface area (Å²) in [6.07, 6.45) is 0. The third-order valence-electron chi connectivity index (χ3n) is 5.22. The Bertz CT molecular complexity index is 1100. The minimum atomic E-state index is 0.575. The number of nitrogens with two attached hydrogens (primary N) is 1. The first-order valence-corrected chi connectivity index (χ1v) is 9.49. The predicted octanol–water partition coefficient (Wildman–Crippen LogP) is 4.92. The zero-order valence-corrected chi connectivity index (χ0v) is 15.9. The highest BCUT2D eigenvalue weighted by Crippen LogP contribution is 2.37. The van der Waals surface area contributed by atoms with Crippen molar-refractivity contribution in [1.29, 1.82) is 0 Å². The highest BCUT2D eigenvalue weighted by molar-refractivity contribution is 6.32. The van der Waals surface area contributed by atoms with E-state index in [-0.39, 0.29) is 0 Å². The van der Waals surface area contributed by atoms with Gasteiger partial charge in [0, 0.05) is 39.8 Å². The quantitative estimate of drug-likeness (QED) is 0.545. The molecule has 0 spiro atoms. The third-order valence-corrected chi connectivity index (χ3v) is 5.45. The summed E-state index contributed by atoms with van der Waals surface area (Å²) in [5, 5.41) is 4.13. The van der Waals surface area contributed by atoms with Crippen LogP contribution in [0.15, 0.2) is 42.5 Å². The zero-order valence-electron chi connectivity index (χ0n) is 15.2. The number of hydrogen-bond acceptors (Lipinski definition) is 3. The number of hydrogen-bond donors (Lipinski definition) is 1. The maximum atomic E-state index is 6.42. The van der Waals surface area contributed by atoms with Crippen LogP contribution in [0.1, 0.15) is 13.8 Å². The fourth-order valence-corrected chi connectivity index (χ4v) is 4.02. The average molecular weight is 367 g/mol. The van der Waals surface area contributed by atoms with Crippen LogP contribution in [0.2, 0.25) is 5.02 Å². The molecule has 4 nitrogen and oxygen atoms in total. The summed E-state index contributed by atoms with van der Waals surface area (Å²) in [6.45, 7) is 8.30. The van der Waals surface area contributed by atoms with E-state index in [1.807, 2.05) is 30.3 Å². The van der Waals surface area contributed by atoms with E-state index in [4.69, 9.17) is 17.3 Å². The molecule has 0 saturated heterocycles. The van der Waals surface area contributed by atoms with E-state index in [1.165, 1.54) is 0 Å². The number of halogens is 1. The van der Waals surface area contributed by atoms with Crippen molar-refractivity contribution < 1.29 is 0 Å². The Hall–Kier alpha value is -2.30. The molecule has 0 fully saturated rings. The molecule has 2 heterocycles. The fraction of sp³-hybridized carbons (Fsp3) is 0.286. The molecule has 2 aromatic carbocycles. The highest BCUT2D eigenvalue weighted by atomic mass is 35.5. The standard InChI is InChI=1S/C21H23ClN4/c1-3-25(4-2)11-12-26-18-10-9-14(22)13-16(18)19-15-7-5-6-8-17(15)24-21(23)20(19)26/h5-10,13H,3-4,11-12H2,1-2H3,(H2,23,24). The van der Waals surface area contributed by atoms with Crippen molar-refractivity contribution in [2.24, 2.45) is 0 Å². The van der Waals surface area contributed by atoms with Crippen LogP contribution in [-0.4, -0.2) is 34.1 Å². The van der Waals surface area contributed by atoms with Crippen molar-refractivity contribution in [3.8, 4) is 0 Å². The van der Waals surface area contributed by atoms with Crippen molar-refractivity contribution in [3.05, 3.63) is 47.5 Å². The lowest BCUT2D eigenvalue weighted by atomic mass is 10.1. The zero-order chi connectivity index (χ0) is 18.3.